The van der Waals surface area contributed by atoms with Gasteiger partial charge >= 0.3 is 0 Å². The summed E-state index contributed by atoms with van der Waals surface area (Å²) in [5.41, 5.74) is 1.18. The summed E-state index contributed by atoms with van der Waals surface area (Å²) in [5.74, 6) is -1.09. The van der Waals surface area contributed by atoms with Gasteiger partial charge in [-0.2, -0.15) is 0 Å². The fraction of sp³-hybridized carbons (Fsp3) is 0.357. The third-order valence-corrected chi connectivity index (χ3v) is 7.35. The number of para-hydroxylation sites is 1. The van der Waals surface area contributed by atoms with Crippen LogP contribution in [0.25, 0.3) is 10.8 Å². The number of anilines is 1. The average molecular weight is 460 g/mol. The summed E-state index contributed by atoms with van der Waals surface area (Å²) in [4.78, 5) is 29.4. The molecule has 1 N–H and O–H groups in total. The van der Waals surface area contributed by atoms with E-state index in [4.69, 9.17) is 0 Å². The largest absolute Gasteiger partial charge is 0.359 e. The minimum atomic E-state index is -2.31. The van der Waals surface area contributed by atoms with E-state index in [1.807, 2.05) is 6.07 Å². The number of piperidine rings is 1. The number of hydrogen-bond donors (Lipinski definition) is 1. The van der Waals surface area contributed by atoms with E-state index in [2.05, 4.69) is 53.5 Å². The Kier molecular flexibility index (Phi) is 5.86. The molecule has 6 heteroatoms. The molecule has 1 unspecified atom stereocenters. The molecule has 0 radical (unpaired) electrons. The summed E-state index contributed by atoms with van der Waals surface area (Å²) in [7, 11) is 1.46. The van der Waals surface area contributed by atoms with E-state index in [9.17, 15) is 9.59 Å². The van der Waals surface area contributed by atoms with Crippen LogP contribution in [0.5, 0.6) is 0 Å². The minimum absolute atomic E-state index is 0.0820. The molecule has 1 fully saturated rings. The standard InChI is InChI=1S/C28H30FN3O2/c1-19-7-5-8-20-9-6-10-21(26(19)20)18-31-15-13-22(14-16-31)32-24-12-4-3-11-23(24)28(29,27(32)34)17-25(33)30-2/h3-12,22H,13-18H2,1-2H3,(H,30,33). The molecule has 2 heterocycles. The highest BCUT2D eigenvalue weighted by molar-refractivity contribution is 6.09. The number of likely N-dealkylation sites (tertiary alicyclic amines) is 1. The summed E-state index contributed by atoms with van der Waals surface area (Å²) < 4.78 is 16.0. The van der Waals surface area contributed by atoms with Gasteiger partial charge in [-0.15, -0.1) is 0 Å². The van der Waals surface area contributed by atoms with Crippen LogP contribution in [0.3, 0.4) is 0 Å². The maximum atomic E-state index is 16.0. The molecule has 0 bridgehead atoms. The number of carbonyl (C=O) groups excluding carboxylic acids is 2. The van der Waals surface area contributed by atoms with E-state index in [1.165, 1.54) is 28.9 Å². The van der Waals surface area contributed by atoms with E-state index >= 15 is 4.39 Å². The first-order valence-electron chi connectivity index (χ1n) is 11.9. The SMILES string of the molecule is CNC(=O)CC1(F)C(=O)N(C2CCN(Cc3cccc4cccc(C)c34)CC2)c2ccccc21. The van der Waals surface area contributed by atoms with Crippen LogP contribution in [-0.2, 0) is 21.8 Å². The lowest BCUT2D eigenvalue weighted by Crippen LogP contribution is -2.49. The van der Waals surface area contributed by atoms with Gasteiger partial charge in [0.2, 0.25) is 11.6 Å². The van der Waals surface area contributed by atoms with Crippen LogP contribution >= 0.6 is 0 Å². The van der Waals surface area contributed by atoms with Crippen molar-refractivity contribution in [2.24, 2.45) is 0 Å². The molecule has 3 aromatic carbocycles. The van der Waals surface area contributed by atoms with Crippen LogP contribution in [0.4, 0.5) is 10.1 Å². The summed E-state index contributed by atoms with van der Waals surface area (Å²) in [6, 6.07) is 19.7. The third-order valence-electron chi connectivity index (χ3n) is 7.35. The molecule has 176 valence electrons. The maximum absolute atomic E-state index is 16.0. The number of rotatable bonds is 5. The Morgan fingerprint density at radius 2 is 1.76 bits per heavy atom. The number of amides is 2. The first-order chi connectivity index (χ1) is 16.4. The zero-order valence-electron chi connectivity index (χ0n) is 19.7. The van der Waals surface area contributed by atoms with E-state index < -0.39 is 23.9 Å². The van der Waals surface area contributed by atoms with Gasteiger partial charge in [0.05, 0.1) is 12.1 Å². The van der Waals surface area contributed by atoms with Gasteiger partial charge in [0, 0.05) is 38.3 Å². The van der Waals surface area contributed by atoms with Crippen molar-refractivity contribution in [1.29, 1.82) is 0 Å². The van der Waals surface area contributed by atoms with Gasteiger partial charge in [-0.05, 0) is 47.7 Å². The Balaban J connectivity index is 1.34. The van der Waals surface area contributed by atoms with Gasteiger partial charge < -0.3 is 10.2 Å². The highest BCUT2D eigenvalue weighted by atomic mass is 19.1. The first kappa shape index (κ1) is 22.5. The molecule has 2 aliphatic heterocycles. The molecule has 1 atom stereocenters. The van der Waals surface area contributed by atoms with Crippen molar-refractivity contribution in [3.63, 3.8) is 0 Å². The number of benzene rings is 3. The topological polar surface area (TPSA) is 52.7 Å². The Hall–Kier alpha value is -3.25. The van der Waals surface area contributed by atoms with Crippen LogP contribution in [0.1, 0.15) is 36.0 Å². The lowest BCUT2D eigenvalue weighted by molar-refractivity contribution is -0.136. The van der Waals surface area contributed by atoms with Gasteiger partial charge in [-0.1, -0.05) is 54.6 Å². The second-order valence-corrected chi connectivity index (χ2v) is 9.44. The zero-order chi connectivity index (χ0) is 23.9. The summed E-state index contributed by atoms with van der Waals surface area (Å²) in [6.07, 6.45) is 1.04. The molecule has 2 amide bonds. The monoisotopic (exact) mass is 459 g/mol. The van der Waals surface area contributed by atoms with Crippen molar-refractivity contribution in [3.8, 4) is 0 Å². The van der Waals surface area contributed by atoms with Gasteiger partial charge in [0.1, 0.15) is 0 Å². The van der Waals surface area contributed by atoms with Gasteiger partial charge in [-0.25, -0.2) is 4.39 Å². The van der Waals surface area contributed by atoms with Crippen molar-refractivity contribution in [2.45, 2.75) is 44.4 Å². The van der Waals surface area contributed by atoms with E-state index in [0.717, 1.165) is 32.5 Å². The molecule has 0 spiro atoms. The number of aryl methyl sites for hydroxylation is 1. The number of halogens is 1. The van der Waals surface area contributed by atoms with Crippen molar-refractivity contribution < 1.29 is 14.0 Å². The molecular weight excluding hydrogens is 429 g/mol. The molecular formula is C28H30FN3O2. The number of carbonyl (C=O) groups is 2. The molecule has 3 aromatic rings. The number of nitrogens with one attached hydrogen (secondary N) is 1. The van der Waals surface area contributed by atoms with E-state index in [1.54, 1.807) is 23.1 Å². The number of nitrogens with zero attached hydrogens (tertiary/aromatic N) is 2. The van der Waals surface area contributed by atoms with Crippen molar-refractivity contribution in [2.75, 3.05) is 25.0 Å². The smallest absolute Gasteiger partial charge is 0.270 e. The molecule has 34 heavy (non-hydrogen) atoms. The van der Waals surface area contributed by atoms with Crippen molar-refractivity contribution in [3.05, 3.63) is 77.4 Å². The maximum Gasteiger partial charge on any atom is 0.270 e. The predicted octanol–water partition coefficient (Wildman–Crippen LogP) is 4.46. The molecule has 0 saturated carbocycles. The number of fused-ring (bicyclic) bond motifs is 2. The second-order valence-electron chi connectivity index (χ2n) is 9.44. The Labute approximate surface area is 199 Å². The van der Waals surface area contributed by atoms with Gasteiger partial charge in [0.15, 0.2) is 0 Å². The van der Waals surface area contributed by atoms with Gasteiger partial charge in [0.25, 0.3) is 5.91 Å². The molecule has 2 aliphatic rings. The molecule has 1 saturated heterocycles. The number of hydrogen-bond acceptors (Lipinski definition) is 3. The van der Waals surface area contributed by atoms with Crippen LogP contribution in [0, 0.1) is 6.92 Å². The predicted molar refractivity (Wildman–Crippen MR) is 132 cm³/mol. The summed E-state index contributed by atoms with van der Waals surface area (Å²) in [5, 5.41) is 5.02. The molecule has 5 nitrogen and oxygen atoms in total. The van der Waals surface area contributed by atoms with E-state index in [-0.39, 0.29) is 6.04 Å². The van der Waals surface area contributed by atoms with Crippen molar-refractivity contribution >= 4 is 28.3 Å². The van der Waals surface area contributed by atoms with Crippen LogP contribution in [-0.4, -0.2) is 42.9 Å². The Bertz CT molecular complexity index is 1250. The van der Waals surface area contributed by atoms with Gasteiger partial charge in [-0.3, -0.25) is 14.5 Å². The minimum Gasteiger partial charge on any atom is -0.359 e. The van der Waals surface area contributed by atoms with Crippen LogP contribution in [0.2, 0.25) is 0 Å². The Morgan fingerprint density at radius 1 is 1.06 bits per heavy atom. The molecule has 0 aliphatic carbocycles. The lowest BCUT2D eigenvalue weighted by Gasteiger charge is -2.37. The highest BCUT2D eigenvalue weighted by Crippen LogP contribution is 2.47. The Morgan fingerprint density at radius 3 is 2.50 bits per heavy atom. The fourth-order valence-electron chi connectivity index (χ4n) is 5.60. The first-order valence-corrected chi connectivity index (χ1v) is 11.9. The van der Waals surface area contributed by atoms with E-state index in [0.29, 0.717) is 11.3 Å². The lowest BCUT2D eigenvalue weighted by atomic mass is 9.93. The summed E-state index contributed by atoms with van der Waals surface area (Å²) >= 11 is 0. The van der Waals surface area contributed by atoms with Crippen molar-refractivity contribution in [1.82, 2.24) is 10.2 Å². The molecule has 5 rings (SSSR count). The summed E-state index contributed by atoms with van der Waals surface area (Å²) in [6.45, 7) is 4.65. The third kappa shape index (κ3) is 3.76. The number of alkyl halides is 1. The highest BCUT2D eigenvalue weighted by Gasteiger charge is 2.54. The van der Waals surface area contributed by atoms with Crippen LogP contribution < -0.4 is 10.2 Å². The normalized spacial score (nSPS) is 21.1. The fourth-order valence-corrected chi connectivity index (χ4v) is 5.60. The quantitative estimate of drug-likeness (QED) is 0.613. The molecule has 0 aromatic heterocycles. The van der Waals surface area contributed by atoms with Crippen LogP contribution in [0.15, 0.2) is 60.7 Å². The second kappa shape index (κ2) is 8.84. The zero-order valence-corrected chi connectivity index (χ0v) is 19.7. The average Bonchev–Trinajstić information content (AvgIpc) is 3.06.